The number of esters is 1. The first-order valence-corrected chi connectivity index (χ1v) is 12.2. The van der Waals surface area contributed by atoms with E-state index in [1.807, 2.05) is 0 Å². The van der Waals surface area contributed by atoms with E-state index < -0.39 is 21.9 Å². The van der Waals surface area contributed by atoms with E-state index in [4.69, 9.17) is 14.2 Å². The first-order valence-electron chi connectivity index (χ1n) is 10.8. The van der Waals surface area contributed by atoms with Gasteiger partial charge >= 0.3 is 5.97 Å². The number of amides is 1. The van der Waals surface area contributed by atoms with E-state index in [1.165, 1.54) is 36.6 Å². The van der Waals surface area contributed by atoms with Crippen molar-refractivity contribution in [2.45, 2.75) is 32.2 Å². The van der Waals surface area contributed by atoms with Crippen molar-refractivity contribution in [2.75, 3.05) is 41.0 Å². The highest BCUT2D eigenvalue weighted by Crippen LogP contribution is 2.25. The van der Waals surface area contributed by atoms with E-state index in [9.17, 15) is 18.0 Å². The van der Waals surface area contributed by atoms with Crippen LogP contribution in [-0.4, -0.2) is 70.5 Å². The Morgan fingerprint density at radius 1 is 0.912 bits per heavy atom. The number of rotatable bonds is 11. The van der Waals surface area contributed by atoms with E-state index in [-0.39, 0.29) is 23.5 Å². The maximum atomic E-state index is 13.5. The van der Waals surface area contributed by atoms with Gasteiger partial charge in [0.05, 0.1) is 26.2 Å². The van der Waals surface area contributed by atoms with Crippen LogP contribution in [0.5, 0.6) is 11.5 Å². The van der Waals surface area contributed by atoms with Crippen molar-refractivity contribution in [3.63, 3.8) is 0 Å². The van der Waals surface area contributed by atoms with Gasteiger partial charge in [0.15, 0.2) is 0 Å². The average Bonchev–Trinajstić information content (AvgIpc) is 2.83. The summed E-state index contributed by atoms with van der Waals surface area (Å²) in [5.74, 6) is -0.0556. The summed E-state index contributed by atoms with van der Waals surface area (Å²) in [4.78, 5) is 26.9. The minimum Gasteiger partial charge on any atom is -0.497 e. The minimum absolute atomic E-state index is 0.0491. The zero-order valence-electron chi connectivity index (χ0n) is 20.5. The molecule has 0 aromatic heterocycles. The SMILES string of the molecule is CCN(CC)S(=O)(=O)c1cc(C(=O)N(CC(=O)OC)Cc2cc(OC)cc(OC)c2)ccc1C. The Morgan fingerprint density at radius 2 is 1.50 bits per heavy atom. The normalized spacial score (nSPS) is 11.3. The molecule has 0 N–H and O–H groups in total. The topological polar surface area (TPSA) is 102 Å². The number of hydrogen-bond donors (Lipinski definition) is 0. The lowest BCUT2D eigenvalue weighted by Crippen LogP contribution is -2.36. The second-order valence-electron chi connectivity index (χ2n) is 7.53. The fraction of sp³-hybridized carbons (Fsp3) is 0.417. The Morgan fingerprint density at radius 3 is 2.00 bits per heavy atom. The number of methoxy groups -OCH3 is 3. The molecule has 2 aromatic carbocycles. The number of carbonyl (C=O) groups excluding carboxylic acids is 2. The predicted octanol–water partition coefficient (Wildman–Crippen LogP) is 2.86. The molecule has 0 heterocycles. The molecule has 186 valence electrons. The van der Waals surface area contributed by atoms with Gasteiger partial charge < -0.3 is 19.1 Å². The summed E-state index contributed by atoms with van der Waals surface area (Å²) in [7, 11) is 0.484. The highest BCUT2D eigenvalue weighted by atomic mass is 32.2. The average molecular weight is 493 g/mol. The van der Waals surface area contributed by atoms with Crippen LogP contribution >= 0.6 is 0 Å². The standard InChI is InChI=1S/C24H32N2O7S/c1-7-26(8-2)34(29,30)22-13-19(10-9-17(22)3)24(28)25(16-23(27)33-6)15-18-11-20(31-4)14-21(12-18)32-5/h9-14H,7-8,15-16H2,1-6H3. The summed E-state index contributed by atoms with van der Waals surface area (Å²) in [5, 5.41) is 0. The second kappa shape index (κ2) is 11.8. The van der Waals surface area contributed by atoms with Crippen molar-refractivity contribution in [3.8, 4) is 11.5 Å². The quantitative estimate of drug-likeness (QED) is 0.445. The zero-order chi connectivity index (χ0) is 25.5. The highest BCUT2D eigenvalue weighted by molar-refractivity contribution is 7.89. The third kappa shape index (κ3) is 6.27. The zero-order valence-corrected chi connectivity index (χ0v) is 21.3. The van der Waals surface area contributed by atoms with Crippen LogP contribution in [0.2, 0.25) is 0 Å². The largest absolute Gasteiger partial charge is 0.497 e. The summed E-state index contributed by atoms with van der Waals surface area (Å²) in [6.07, 6.45) is 0. The molecule has 0 unspecified atom stereocenters. The van der Waals surface area contributed by atoms with Gasteiger partial charge in [-0.25, -0.2) is 8.42 Å². The summed E-state index contributed by atoms with van der Waals surface area (Å²) < 4.78 is 42.9. The van der Waals surface area contributed by atoms with Gasteiger partial charge in [-0.3, -0.25) is 9.59 Å². The van der Waals surface area contributed by atoms with Crippen LogP contribution in [0, 0.1) is 6.92 Å². The van der Waals surface area contributed by atoms with Gasteiger partial charge in [0.25, 0.3) is 5.91 Å². The summed E-state index contributed by atoms with van der Waals surface area (Å²) in [5.41, 5.74) is 1.34. The van der Waals surface area contributed by atoms with Crippen LogP contribution in [-0.2, 0) is 26.1 Å². The molecule has 1 amide bonds. The second-order valence-corrected chi connectivity index (χ2v) is 9.43. The molecule has 0 saturated carbocycles. The smallest absolute Gasteiger partial charge is 0.325 e. The first-order chi connectivity index (χ1) is 16.1. The summed E-state index contributed by atoms with van der Waals surface area (Å²) >= 11 is 0. The van der Waals surface area contributed by atoms with Crippen molar-refractivity contribution < 1.29 is 32.2 Å². The number of ether oxygens (including phenoxy) is 3. The molecule has 0 saturated heterocycles. The molecule has 2 rings (SSSR count). The van der Waals surface area contributed by atoms with E-state index in [1.54, 1.807) is 51.1 Å². The van der Waals surface area contributed by atoms with Crippen LogP contribution in [0.15, 0.2) is 41.3 Å². The molecule has 0 aliphatic carbocycles. The fourth-order valence-corrected chi connectivity index (χ4v) is 5.20. The fourth-order valence-electron chi connectivity index (χ4n) is 3.49. The minimum atomic E-state index is -3.78. The number of sulfonamides is 1. The number of nitrogens with zero attached hydrogens (tertiary/aromatic N) is 2. The number of carbonyl (C=O) groups is 2. The van der Waals surface area contributed by atoms with E-state index in [0.717, 1.165) is 0 Å². The Kier molecular flexibility index (Phi) is 9.46. The highest BCUT2D eigenvalue weighted by Gasteiger charge is 2.27. The molecular weight excluding hydrogens is 460 g/mol. The summed E-state index contributed by atoms with van der Waals surface area (Å²) in [6, 6.07) is 9.66. The molecular formula is C24H32N2O7S. The van der Waals surface area contributed by atoms with Gasteiger partial charge in [-0.15, -0.1) is 0 Å². The lowest BCUT2D eigenvalue weighted by Gasteiger charge is -2.24. The molecule has 2 aromatic rings. The lowest BCUT2D eigenvalue weighted by molar-refractivity contribution is -0.141. The van der Waals surface area contributed by atoms with Crippen molar-refractivity contribution >= 4 is 21.9 Å². The first kappa shape index (κ1) is 27.1. The maximum absolute atomic E-state index is 13.5. The Hall–Kier alpha value is -3.11. The van der Waals surface area contributed by atoms with Crippen LogP contribution in [0.3, 0.4) is 0 Å². The van der Waals surface area contributed by atoms with Crippen LogP contribution in [0.4, 0.5) is 0 Å². The molecule has 0 fully saturated rings. The van der Waals surface area contributed by atoms with Gasteiger partial charge in [-0.1, -0.05) is 19.9 Å². The molecule has 0 aliphatic heterocycles. The molecule has 0 aliphatic rings. The molecule has 0 radical (unpaired) electrons. The van der Waals surface area contributed by atoms with E-state index >= 15 is 0 Å². The van der Waals surface area contributed by atoms with Gasteiger partial charge in [0, 0.05) is 31.3 Å². The predicted molar refractivity (Wildman–Crippen MR) is 128 cm³/mol. The van der Waals surface area contributed by atoms with E-state index in [0.29, 0.717) is 35.7 Å². The third-order valence-corrected chi connectivity index (χ3v) is 7.57. The van der Waals surface area contributed by atoms with Crippen molar-refractivity contribution in [3.05, 3.63) is 53.1 Å². The molecule has 0 bridgehead atoms. The van der Waals surface area contributed by atoms with Crippen molar-refractivity contribution in [2.24, 2.45) is 0 Å². The number of aryl methyl sites for hydroxylation is 1. The van der Waals surface area contributed by atoms with Crippen LogP contribution < -0.4 is 9.47 Å². The Bertz CT molecular complexity index is 1110. The van der Waals surface area contributed by atoms with Gasteiger partial charge in [0.2, 0.25) is 10.0 Å². The van der Waals surface area contributed by atoms with Crippen molar-refractivity contribution in [1.29, 1.82) is 0 Å². The molecule has 34 heavy (non-hydrogen) atoms. The maximum Gasteiger partial charge on any atom is 0.325 e. The van der Waals surface area contributed by atoms with Gasteiger partial charge in [0.1, 0.15) is 18.0 Å². The monoisotopic (exact) mass is 492 g/mol. The lowest BCUT2D eigenvalue weighted by atomic mass is 10.1. The summed E-state index contributed by atoms with van der Waals surface area (Å²) in [6.45, 7) is 5.54. The molecule has 0 atom stereocenters. The Labute approximate surface area is 201 Å². The number of benzene rings is 2. The molecule has 10 heteroatoms. The van der Waals surface area contributed by atoms with Gasteiger partial charge in [-0.2, -0.15) is 4.31 Å². The molecule has 9 nitrogen and oxygen atoms in total. The Balaban J connectivity index is 2.50. The van der Waals surface area contributed by atoms with Crippen LogP contribution in [0.1, 0.15) is 35.3 Å². The van der Waals surface area contributed by atoms with Crippen LogP contribution in [0.25, 0.3) is 0 Å². The number of hydrogen-bond acceptors (Lipinski definition) is 7. The molecule has 0 spiro atoms. The van der Waals surface area contributed by atoms with E-state index in [2.05, 4.69) is 0 Å². The van der Waals surface area contributed by atoms with Gasteiger partial charge in [-0.05, 0) is 42.3 Å². The third-order valence-electron chi connectivity index (χ3n) is 5.38. The van der Waals surface area contributed by atoms with Crippen molar-refractivity contribution in [1.82, 2.24) is 9.21 Å².